The van der Waals surface area contributed by atoms with Gasteiger partial charge in [-0.2, -0.15) is 0 Å². The van der Waals surface area contributed by atoms with Crippen LogP contribution >= 0.6 is 0 Å². The van der Waals surface area contributed by atoms with Crippen molar-refractivity contribution in [1.29, 1.82) is 0 Å². The SMILES string of the molecule is CCC(C)(CNC(C)C)CN1CCC2(CCCC2)CC1. The Hall–Kier alpha value is -0.0800. The first-order valence-corrected chi connectivity index (χ1v) is 8.93. The Balaban J connectivity index is 1.80. The quantitative estimate of drug-likeness (QED) is 0.789. The van der Waals surface area contributed by atoms with Crippen molar-refractivity contribution in [2.75, 3.05) is 26.2 Å². The summed E-state index contributed by atoms with van der Waals surface area (Å²) in [4.78, 5) is 2.75. The van der Waals surface area contributed by atoms with Gasteiger partial charge in [-0.3, -0.25) is 0 Å². The molecule has 0 aromatic carbocycles. The Morgan fingerprint density at radius 1 is 1.10 bits per heavy atom. The van der Waals surface area contributed by atoms with Crippen LogP contribution in [0.15, 0.2) is 0 Å². The molecule has 2 nitrogen and oxygen atoms in total. The van der Waals surface area contributed by atoms with E-state index in [2.05, 4.69) is 37.9 Å². The predicted octanol–water partition coefficient (Wildman–Crippen LogP) is 4.06. The molecule has 2 rings (SSSR count). The molecular formula is C18H36N2. The molecule has 1 atom stereocenters. The Bertz CT molecular complexity index is 284. The van der Waals surface area contributed by atoms with Crippen LogP contribution in [0.3, 0.4) is 0 Å². The zero-order valence-electron chi connectivity index (χ0n) is 14.3. The maximum absolute atomic E-state index is 3.65. The summed E-state index contributed by atoms with van der Waals surface area (Å²) in [5.41, 5.74) is 1.19. The van der Waals surface area contributed by atoms with E-state index in [-0.39, 0.29) is 0 Å². The van der Waals surface area contributed by atoms with Crippen LogP contribution in [-0.4, -0.2) is 37.1 Å². The Labute approximate surface area is 126 Å². The van der Waals surface area contributed by atoms with Gasteiger partial charge in [0.2, 0.25) is 0 Å². The first kappa shape index (κ1) is 16.3. The molecule has 2 aliphatic rings. The fourth-order valence-corrected chi connectivity index (χ4v) is 4.09. The summed E-state index contributed by atoms with van der Waals surface area (Å²) in [6.07, 6.45) is 10.2. The van der Waals surface area contributed by atoms with Crippen molar-refractivity contribution in [3.8, 4) is 0 Å². The summed E-state index contributed by atoms with van der Waals surface area (Å²) in [7, 11) is 0. The van der Waals surface area contributed by atoms with Gasteiger partial charge in [-0.1, -0.05) is 40.5 Å². The lowest BCUT2D eigenvalue weighted by Crippen LogP contribution is -2.47. The second kappa shape index (κ2) is 6.79. The Kier molecular flexibility index (Phi) is 5.53. The monoisotopic (exact) mass is 280 g/mol. The first-order valence-electron chi connectivity index (χ1n) is 8.93. The van der Waals surface area contributed by atoms with Gasteiger partial charge in [0, 0.05) is 19.1 Å². The third-order valence-corrected chi connectivity index (χ3v) is 5.98. The highest BCUT2D eigenvalue weighted by molar-refractivity contribution is 4.91. The van der Waals surface area contributed by atoms with Gasteiger partial charge in [0.15, 0.2) is 0 Å². The van der Waals surface area contributed by atoms with E-state index in [4.69, 9.17) is 0 Å². The number of nitrogens with one attached hydrogen (secondary N) is 1. The molecule has 1 aliphatic heterocycles. The number of piperidine rings is 1. The highest BCUT2D eigenvalue weighted by Crippen LogP contribution is 2.46. The topological polar surface area (TPSA) is 15.3 Å². The largest absolute Gasteiger partial charge is 0.314 e. The second-order valence-electron chi connectivity index (χ2n) is 8.18. The molecule has 0 amide bonds. The number of nitrogens with zero attached hydrogens (tertiary/aromatic N) is 1. The van der Waals surface area contributed by atoms with Crippen LogP contribution in [0, 0.1) is 10.8 Å². The van der Waals surface area contributed by atoms with Gasteiger partial charge in [0.25, 0.3) is 0 Å². The molecular weight excluding hydrogens is 244 g/mol. The molecule has 1 saturated carbocycles. The van der Waals surface area contributed by atoms with Crippen molar-refractivity contribution < 1.29 is 0 Å². The number of hydrogen-bond donors (Lipinski definition) is 1. The molecule has 0 aromatic heterocycles. The molecule has 2 heteroatoms. The summed E-state index contributed by atoms with van der Waals surface area (Å²) in [5.74, 6) is 0. The summed E-state index contributed by atoms with van der Waals surface area (Å²) in [6.45, 7) is 14.4. The van der Waals surface area contributed by atoms with Crippen LogP contribution in [-0.2, 0) is 0 Å². The van der Waals surface area contributed by atoms with Gasteiger partial charge in [0.05, 0.1) is 0 Å². The zero-order valence-corrected chi connectivity index (χ0v) is 14.3. The van der Waals surface area contributed by atoms with Crippen molar-refractivity contribution in [1.82, 2.24) is 10.2 Å². The highest BCUT2D eigenvalue weighted by atomic mass is 15.1. The fourth-order valence-electron chi connectivity index (χ4n) is 4.09. The van der Waals surface area contributed by atoms with Gasteiger partial charge in [-0.05, 0) is 56.0 Å². The fraction of sp³-hybridized carbons (Fsp3) is 1.00. The normalized spacial score (nSPS) is 26.2. The van der Waals surface area contributed by atoms with Crippen molar-refractivity contribution in [2.45, 2.75) is 78.7 Å². The van der Waals surface area contributed by atoms with E-state index in [0.717, 1.165) is 12.0 Å². The molecule has 118 valence electrons. The van der Waals surface area contributed by atoms with Gasteiger partial charge < -0.3 is 10.2 Å². The number of hydrogen-bond acceptors (Lipinski definition) is 2. The van der Waals surface area contributed by atoms with E-state index >= 15 is 0 Å². The lowest BCUT2D eigenvalue weighted by atomic mass is 9.76. The van der Waals surface area contributed by atoms with Crippen LogP contribution in [0.5, 0.6) is 0 Å². The van der Waals surface area contributed by atoms with Crippen LogP contribution in [0.25, 0.3) is 0 Å². The van der Waals surface area contributed by atoms with Crippen LogP contribution < -0.4 is 5.32 Å². The lowest BCUT2D eigenvalue weighted by molar-refractivity contribution is 0.0706. The third kappa shape index (κ3) is 4.21. The first-order chi connectivity index (χ1) is 9.47. The molecule has 1 spiro atoms. The standard InChI is InChI=1S/C18H36N2/c1-5-17(4,14-19-16(2)3)15-20-12-10-18(11-13-20)8-6-7-9-18/h16,19H,5-15H2,1-4H3. The minimum atomic E-state index is 0.435. The van der Waals surface area contributed by atoms with Crippen LogP contribution in [0.1, 0.15) is 72.6 Å². The average molecular weight is 280 g/mol. The smallest absolute Gasteiger partial charge is 0.00474 e. The van der Waals surface area contributed by atoms with Crippen molar-refractivity contribution in [2.24, 2.45) is 10.8 Å². The maximum atomic E-state index is 3.65. The summed E-state index contributed by atoms with van der Waals surface area (Å²) in [5, 5.41) is 3.65. The van der Waals surface area contributed by atoms with Gasteiger partial charge in [0.1, 0.15) is 0 Å². The summed E-state index contributed by atoms with van der Waals surface area (Å²) < 4.78 is 0. The molecule has 1 heterocycles. The minimum absolute atomic E-state index is 0.435. The number of likely N-dealkylation sites (tertiary alicyclic amines) is 1. The predicted molar refractivity (Wildman–Crippen MR) is 88.1 cm³/mol. The summed E-state index contributed by atoms with van der Waals surface area (Å²) >= 11 is 0. The van der Waals surface area contributed by atoms with Crippen molar-refractivity contribution >= 4 is 0 Å². The summed E-state index contributed by atoms with van der Waals surface area (Å²) in [6, 6.07) is 0.601. The van der Waals surface area contributed by atoms with Gasteiger partial charge in [-0.15, -0.1) is 0 Å². The molecule has 0 aromatic rings. The maximum Gasteiger partial charge on any atom is 0.00474 e. The Morgan fingerprint density at radius 3 is 2.20 bits per heavy atom. The molecule has 1 N–H and O–H groups in total. The van der Waals surface area contributed by atoms with Crippen LogP contribution in [0.4, 0.5) is 0 Å². The van der Waals surface area contributed by atoms with E-state index in [0.29, 0.717) is 11.5 Å². The van der Waals surface area contributed by atoms with Crippen molar-refractivity contribution in [3.05, 3.63) is 0 Å². The number of rotatable bonds is 6. The van der Waals surface area contributed by atoms with E-state index in [1.807, 2.05) is 0 Å². The Morgan fingerprint density at radius 2 is 1.70 bits per heavy atom. The molecule has 2 fully saturated rings. The average Bonchev–Trinajstić information content (AvgIpc) is 2.88. The highest BCUT2D eigenvalue weighted by Gasteiger charge is 2.38. The molecule has 20 heavy (non-hydrogen) atoms. The second-order valence-corrected chi connectivity index (χ2v) is 8.18. The minimum Gasteiger partial charge on any atom is -0.314 e. The van der Waals surface area contributed by atoms with Crippen LogP contribution in [0.2, 0.25) is 0 Å². The molecule has 1 unspecified atom stereocenters. The van der Waals surface area contributed by atoms with E-state index in [1.165, 1.54) is 64.6 Å². The third-order valence-electron chi connectivity index (χ3n) is 5.98. The zero-order chi connectivity index (χ0) is 14.6. The van der Waals surface area contributed by atoms with E-state index in [1.54, 1.807) is 0 Å². The molecule has 1 aliphatic carbocycles. The van der Waals surface area contributed by atoms with Gasteiger partial charge >= 0.3 is 0 Å². The van der Waals surface area contributed by atoms with Crippen molar-refractivity contribution in [3.63, 3.8) is 0 Å². The van der Waals surface area contributed by atoms with E-state index < -0.39 is 0 Å². The molecule has 0 radical (unpaired) electrons. The lowest BCUT2D eigenvalue weighted by Gasteiger charge is -2.43. The molecule has 1 saturated heterocycles. The molecule has 0 bridgehead atoms. The van der Waals surface area contributed by atoms with E-state index in [9.17, 15) is 0 Å². The van der Waals surface area contributed by atoms with Gasteiger partial charge in [-0.25, -0.2) is 0 Å².